The molecule has 6 rings (SSSR count). The summed E-state index contributed by atoms with van der Waals surface area (Å²) in [6.07, 6.45) is 0. The van der Waals surface area contributed by atoms with Gasteiger partial charge in [0.1, 0.15) is 0 Å². The predicted molar refractivity (Wildman–Crippen MR) is 229 cm³/mol. The van der Waals surface area contributed by atoms with Crippen LogP contribution in [0.5, 0.6) is 0 Å². The predicted octanol–water partition coefficient (Wildman–Crippen LogP) is 15.0. The number of nitrogens with zero attached hydrogens (tertiary/aromatic N) is 2. The summed E-state index contributed by atoms with van der Waals surface area (Å²) in [4.78, 5) is 3.38. The summed E-state index contributed by atoms with van der Waals surface area (Å²) < 4.78 is 86.7. The first-order valence-corrected chi connectivity index (χ1v) is 18.2. The first-order valence-electron chi connectivity index (χ1n) is 22.4. The van der Waals surface area contributed by atoms with Crippen LogP contribution in [0.1, 0.15) is 92.7 Å². The molecule has 0 aromatic heterocycles. The highest BCUT2D eigenvalue weighted by Crippen LogP contribution is 2.46. The van der Waals surface area contributed by atoms with Crippen LogP contribution in [0.15, 0.2) is 150 Å². The first-order chi connectivity index (χ1) is 28.7. The molecule has 0 fully saturated rings. The minimum absolute atomic E-state index is 0.0449. The summed E-state index contributed by atoms with van der Waals surface area (Å²) in [6.45, 7) is 19.6. The van der Waals surface area contributed by atoms with Crippen molar-refractivity contribution in [2.45, 2.75) is 78.6 Å². The molecule has 0 heterocycles. The largest absolute Gasteiger partial charge is 0.354 e. The molecule has 0 aliphatic heterocycles. The second kappa shape index (κ2) is 14.7. The van der Waals surface area contributed by atoms with E-state index in [-0.39, 0.29) is 33.3 Å². The van der Waals surface area contributed by atoms with Gasteiger partial charge in [0, 0.05) is 34.1 Å². The average Bonchev–Trinajstić information content (AvgIpc) is 3.21. The fraction of sp³-hybridized carbons (Fsp3) is 0.250. The van der Waals surface area contributed by atoms with Gasteiger partial charge in [-0.25, -0.2) is 0 Å². The zero-order valence-corrected chi connectivity index (χ0v) is 32.9. The lowest BCUT2D eigenvalue weighted by molar-refractivity contribution is 0.589. The summed E-state index contributed by atoms with van der Waals surface area (Å²) in [5.74, 6) is 0. The molecule has 6 aromatic rings. The fourth-order valence-corrected chi connectivity index (χ4v) is 6.41. The highest BCUT2D eigenvalue weighted by Gasteiger charge is 2.25. The van der Waals surface area contributed by atoms with E-state index in [1.807, 2.05) is 0 Å². The SMILES string of the molecule is [2H]c1c([2H])c([2H])c(N(c2cccc(Nc3cc(C(C)(C)C)cc(N(c4ccc(C(C)(C)C)cc4)c4ccc(C(C)(C)C)cc4)c3Br)c2)c2c([2H])c([2H])c([2H])c([2H])c2[2H])c([2H])c1[2H]. The van der Waals surface area contributed by atoms with Crippen molar-refractivity contribution in [1.82, 2.24) is 0 Å². The Balaban J connectivity index is 1.58. The molecule has 0 radical (unpaired) electrons. The van der Waals surface area contributed by atoms with Crippen LogP contribution in [-0.2, 0) is 16.2 Å². The van der Waals surface area contributed by atoms with Gasteiger partial charge in [0.2, 0.25) is 0 Å². The van der Waals surface area contributed by atoms with Crippen molar-refractivity contribution < 1.29 is 13.7 Å². The molecule has 266 valence electrons. The highest BCUT2D eigenvalue weighted by molar-refractivity contribution is 9.10. The second-order valence-electron chi connectivity index (χ2n) is 16.0. The summed E-state index contributed by atoms with van der Waals surface area (Å²) in [5, 5.41) is 3.57. The molecule has 3 nitrogen and oxygen atoms in total. The third-order valence-electron chi connectivity index (χ3n) is 8.95. The van der Waals surface area contributed by atoms with Crippen LogP contribution >= 0.6 is 15.9 Å². The zero-order valence-electron chi connectivity index (χ0n) is 41.4. The maximum absolute atomic E-state index is 8.89. The van der Waals surface area contributed by atoms with Gasteiger partial charge in [-0.3, -0.25) is 0 Å². The van der Waals surface area contributed by atoms with Crippen molar-refractivity contribution in [1.29, 1.82) is 0 Å². The van der Waals surface area contributed by atoms with Gasteiger partial charge >= 0.3 is 0 Å². The molecular weight excluding hydrogens is 698 g/mol. The average molecular weight is 761 g/mol. The van der Waals surface area contributed by atoms with Crippen molar-refractivity contribution in [2.24, 2.45) is 0 Å². The molecule has 6 aromatic carbocycles. The number of rotatable bonds is 8. The van der Waals surface area contributed by atoms with E-state index in [2.05, 4.69) is 149 Å². The normalized spacial score (nSPS) is 14.7. The minimum Gasteiger partial charge on any atom is -0.354 e. The van der Waals surface area contributed by atoms with Gasteiger partial charge in [-0.05, 0) is 128 Å². The Morgan fingerprint density at radius 1 is 0.481 bits per heavy atom. The van der Waals surface area contributed by atoms with Crippen molar-refractivity contribution in [2.75, 3.05) is 15.1 Å². The maximum atomic E-state index is 8.89. The van der Waals surface area contributed by atoms with Crippen LogP contribution < -0.4 is 15.1 Å². The summed E-state index contributed by atoms with van der Waals surface area (Å²) in [6, 6.07) is 22.0. The quantitative estimate of drug-likeness (QED) is 0.167. The number of hydrogen-bond acceptors (Lipinski definition) is 3. The van der Waals surface area contributed by atoms with Crippen LogP contribution in [0.4, 0.5) is 45.5 Å². The van der Waals surface area contributed by atoms with E-state index in [0.29, 0.717) is 11.4 Å². The van der Waals surface area contributed by atoms with Gasteiger partial charge in [0.05, 0.1) is 29.6 Å². The van der Waals surface area contributed by atoms with E-state index < -0.39 is 60.4 Å². The molecule has 0 amide bonds. The fourth-order valence-electron chi connectivity index (χ4n) is 5.90. The Hall–Kier alpha value is -4.80. The third kappa shape index (κ3) is 8.29. The number of benzene rings is 6. The number of hydrogen-bond donors (Lipinski definition) is 1. The first kappa shape index (κ1) is 26.0. The van der Waals surface area contributed by atoms with Crippen molar-refractivity contribution >= 4 is 61.4 Å². The Morgan fingerprint density at radius 2 is 0.942 bits per heavy atom. The van der Waals surface area contributed by atoms with E-state index >= 15 is 0 Å². The molecule has 4 heteroatoms. The third-order valence-corrected chi connectivity index (χ3v) is 9.78. The Kier molecular flexibility index (Phi) is 7.35. The molecule has 0 saturated carbocycles. The van der Waals surface area contributed by atoms with E-state index in [1.165, 1.54) is 11.1 Å². The maximum Gasteiger partial charge on any atom is 0.0651 e. The molecule has 0 spiro atoms. The molecule has 0 unspecified atom stereocenters. The zero-order chi connectivity index (χ0) is 46.0. The Bertz CT molecular complexity index is 2500. The van der Waals surface area contributed by atoms with Crippen LogP contribution in [0.3, 0.4) is 0 Å². The number of nitrogens with one attached hydrogen (secondary N) is 1. The van der Waals surface area contributed by atoms with Crippen molar-refractivity contribution in [3.63, 3.8) is 0 Å². The monoisotopic (exact) mass is 759 g/mol. The van der Waals surface area contributed by atoms with Crippen molar-refractivity contribution in [3.8, 4) is 0 Å². The molecule has 0 bridgehead atoms. The van der Waals surface area contributed by atoms with Gasteiger partial charge in [0.15, 0.2) is 0 Å². The second-order valence-corrected chi connectivity index (χ2v) is 16.8. The molecule has 0 atom stereocenters. The number of para-hydroxylation sites is 2. The van der Waals surface area contributed by atoms with Crippen LogP contribution in [0.2, 0.25) is 0 Å². The molecule has 0 aliphatic carbocycles. The van der Waals surface area contributed by atoms with E-state index in [9.17, 15) is 0 Å². The van der Waals surface area contributed by atoms with Crippen LogP contribution in [0.25, 0.3) is 0 Å². The summed E-state index contributed by atoms with van der Waals surface area (Å²) in [5.41, 5.74) is 6.48. The smallest absolute Gasteiger partial charge is 0.0651 e. The van der Waals surface area contributed by atoms with Gasteiger partial charge in [0.25, 0.3) is 0 Å². The standard InChI is InChI=1S/C48H52BrN3/c1-46(2,3)34-23-27-40(28-24-34)52(41-29-25-35(26-30-41)47(4,5)6)44-32-36(48(7,8)9)31-43(45(44)49)50-37-17-16-22-42(33-37)51(38-18-12-10-13-19-38)39-20-14-11-15-21-39/h10-33,50H,1-9H3/i10D,11D,12D,13D,14D,15D,18D,19D,20D,21D. The van der Waals surface area contributed by atoms with Gasteiger partial charge < -0.3 is 15.1 Å². The van der Waals surface area contributed by atoms with Crippen LogP contribution in [0, 0.1) is 0 Å². The summed E-state index contributed by atoms with van der Waals surface area (Å²) in [7, 11) is 0. The lowest BCUT2D eigenvalue weighted by atomic mass is 9.85. The molecular formula is C48H52BrN3. The molecule has 1 N–H and O–H groups in total. The van der Waals surface area contributed by atoms with Crippen LogP contribution in [-0.4, -0.2) is 0 Å². The van der Waals surface area contributed by atoms with Gasteiger partial charge in [-0.1, -0.05) is 129 Å². The molecule has 0 saturated heterocycles. The van der Waals surface area contributed by atoms with Gasteiger partial charge in [-0.2, -0.15) is 0 Å². The van der Waals surface area contributed by atoms with E-state index in [4.69, 9.17) is 13.7 Å². The molecule has 0 aliphatic rings. The Labute approximate surface area is 334 Å². The van der Waals surface area contributed by atoms with Gasteiger partial charge in [-0.15, -0.1) is 0 Å². The highest BCUT2D eigenvalue weighted by atomic mass is 79.9. The van der Waals surface area contributed by atoms with E-state index in [1.54, 1.807) is 24.3 Å². The van der Waals surface area contributed by atoms with E-state index in [0.717, 1.165) is 32.0 Å². The number of halogens is 1. The lowest BCUT2D eigenvalue weighted by Gasteiger charge is -2.31. The summed E-state index contributed by atoms with van der Waals surface area (Å²) >= 11 is 4.00. The lowest BCUT2D eigenvalue weighted by Crippen LogP contribution is -2.17. The molecule has 52 heavy (non-hydrogen) atoms. The minimum atomic E-state index is -0.631. The Morgan fingerprint density at radius 3 is 1.38 bits per heavy atom. The van der Waals surface area contributed by atoms with Crippen molar-refractivity contribution in [3.05, 3.63) is 167 Å². The number of anilines is 8. The topological polar surface area (TPSA) is 18.5 Å².